The number of benzene rings is 1. The Hall–Kier alpha value is -0.970. The predicted molar refractivity (Wildman–Crippen MR) is 73.8 cm³/mol. The second kappa shape index (κ2) is 6.69. The first-order valence-corrected chi connectivity index (χ1v) is 7.60. The van der Waals surface area contributed by atoms with Crippen molar-refractivity contribution in [1.82, 2.24) is 4.98 Å². The summed E-state index contributed by atoms with van der Waals surface area (Å²) in [7, 11) is 3.39. The van der Waals surface area contributed by atoms with Crippen LogP contribution in [0.25, 0.3) is 0 Å². The molecule has 0 atom stereocenters. The molecule has 0 aliphatic heterocycles. The summed E-state index contributed by atoms with van der Waals surface area (Å²) in [5.74, 6) is 0.873. The highest BCUT2D eigenvalue weighted by atomic mass is 33.1. The van der Waals surface area contributed by atoms with Gasteiger partial charge in [0, 0.05) is 11.9 Å². The Bertz CT molecular complexity index is 462. The molecule has 0 aliphatic rings. The van der Waals surface area contributed by atoms with Crippen molar-refractivity contribution in [1.29, 1.82) is 0 Å². The van der Waals surface area contributed by atoms with Gasteiger partial charge in [0.2, 0.25) is 0 Å². The van der Waals surface area contributed by atoms with E-state index in [0.29, 0.717) is 0 Å². The maximum Gasteiger partial charge on any atom is 0.106 e. The van der Waals surface area contributed by atoms with Crippen LogP contribution < -0.4 is 0 Å². The largest absolute Gasteiger partial charge is 0.392 e. The number of hydrogen-bond donors (Lipinski definition) is 1. The van der Waals surface area contributed by atoms with Crippen LogP contribution >= 0.6 is 21.6 Å². The van der Waals surface area contributed by atoms with E-state index < -0.39 is 0 Å². The number of aliphatic hydroxyl groups excluding tert-OH is 1. The number of pyridine rings is 1. The Labute approximate surface area is 109 Å². The highest BCUT2D eigenvalue weighted by Gasteiger charge is 2.01. The molecule has 4 heteroatoms. The van der Waals surface area contributed by atoms with Crippen molar-refractivity contribution in [2.45, 2.75) is 17.4 Å². The van der Waals surface area contributed by atoms with Crippen molar-refractivity contribution >= 4 is 21.6 Å². The molecule has 0 bridgehead atoms. The average Bonchev–Trinajstić information content (AvgIpc) is 2.40. The van der Waals surface area contributed by atoms with Crippen LogP contribution in [0, 0.1) is 0 Å². The average molecular weight is 263 g/mol. The number of hydrogen-bond acceptors (Lipinski definition) is 4. The summed E-state index contributed by atoms with van der Waals surface area (Å²) in [6, 6.07) is 13.9. The summed E-state index contributed by atoms with van der Waals surface area (Å²) in [5, 5.41) is 10.2. The normalized spacial score (nSPS) is 10.4. The molecule has 1 aromatic carbocycles. The molecule has 0 amide bonds. The Morgan fingerprint density at radius 1 is 1.00 bits per heavy atom. The van der Waals surface area contributed by atoms with Gasteiger partial charge in [-0.25, -0.2) is 4.98 Å². The van der Waals surface area contributed by atoms with Gasteiger partial charge in [0.05, 0.1) is 6.61 Å². The smallest absolute Gasteiger partial charge is 0.106 e. The first-order chi connectivity index (χ1) is 8.40. The molecular weight excluding hydrogens is 250 g/mol. The first kappa shape index (κ1) is 12.5. The van der Waals surface area contributed by atoms with Crippen molar-refractivity contribution in [3.8, 4) is 0 Å². The van der Waals surface area contributed by atoms with Crippen molar-refractivity contribution in [3.05, 3.63) is 59.8 Å². The zero-order chi connectivity index (χ0) is 11.9. The third kappa shape index (κ3) is 3.77. The molecule has 1 aromatic heterocycles. The van der Waals surface area contributed by atoms with Gasteiger partial charge in [0.15, 0.2) is 0 Å². The zero-order valence-corrected chi connectivity index (χ0v) is 10.9. The minimum atomic E-state index is 0.102. The van der Waals surface area contributed by atoms with Gasteiger partial charge >= 0.3 is 0 Å². The fourth-order valence-electron chi connectivity index (χ4n) is 1.40. The fraction of sp³-hybridized carbons (Fsp3) is 0.154. The molecule has 1 heterocycles. The molecule has 0 radical (unpaired) electrons. The van der Waals surface area contributed by atoms with E-state index in [1.54, 1.807) is 27.8 Å². The molecule has 0 spiro atoms. The summed E-state index contributed by atoms with van der Waals surface area (Å²) < 4.78 is 0. The molecule has 0 saturated heterocycles. The van der Waals surface area contributed by atoms with Crippen LogP contribution in [-0.4, -0.2) is 10.1 Å². The van der Waals surface area contributed by atoms with Crippen molar-refractivity contribution in [2.24, 2.45) is 0 Å². The summed E-state index contributed by atoms with van der Waals surface area (Å²) in [6.07, 6.45) is 1.80. The van der Waals surface area contributed by atoms with Gasteiger partial charge in [0.25, 0.3) is 0 Å². The SMILES string of the molecule is OCc1ccccc1CSSc1ccccn1. The first-order valence-electron chi connectivity index (χ1n) is 5.28. The standard InChI is InChI=1S/C13H13NOS2/c15-9-11-5-1-2-6-12(11)10-16-17-13-7-3-4-8-14-13/h1-8,15H,9-10H2. The number of aromatic nitrogens is 1. The molecule has 1 N–H and O–H groups in total. The van der Waals surface area contributed by atoms with Crippen LogP contribution in [0.4, 0.5) is 0 Å². The number of nitrogens with zero attached hydrogens (tertiary/aromatic N) is 1. The minimum absolute atomic E-state index is 0.102. The van der Waals surface area contributed by atoms with Gasteiger partial charge in [-0.2, -0.15) is 0 Å². The quantitative estimate of drug-likeness (QED) is 0.837. The molecule has 17 heavy (non-hydrogen) atoms. The third-order valence-corrected chi connectivity index (χ3v) is 4.46. The fourth-order valence-corrected chi connectivity index (χ4v) is 3.44. The molecule has 2 nitrogen and oxygen atoms in total. The van der Waals surface area contributed by atoms with Gasteiger partial charge in [0.1, 0.15) is 5.03 Å². The lowest BCUT2D eigenvalue weighted by atomic mass is 10.1. The van der Waals surface area contributed by atoms with Crippen molar-refractivity contribution < 1.29 is 5.11 Å². The Kier molecular flexibility index (Phi) is 4.91. The van der Waals surface area contributed by atoms with E-state index in [9.17, 15) is 5.11 Å². The maximum absolute atomic E-state index is 9.21. The minimum Gasteiger partial charge on any atom is -0.392 e. The Morgan fingerprint density at radius 2 is 1.76 bits per heavy atom. The van der Waals surface area contributed by atoms with E-state index >= 15 is 0 Å². The Balaban J connectivity index is 1.90. The molecule has 0 saturated carbocycles. The molecule has 88 valence electrons. The van der Waals surface area contributed by atoms with Gasteiger partial charge in [-0.05, 0) is 34.1 Å². The van der Waals surface area contributed by atoms with Crippen molar-refractivity contribution in [3.63, 3.8) is 0 Å². The lowest BCUT2D eigenvalue weighted by Crippen LogP contribution is -1.90. The molecule has 0 fully saturated rings. The Morgan fingerprint density at radius 3 is 2.47 bits per heavy atom. The topological polar surface area (TPSA) is 33.1 Å². The van der Waals surface area contributed by atoms with E-state index in [1.807, 2.05) is 36.4 Å². The monoisotopic (exact) mass is 263 g/mol. The predicted octanol–water partition coefficient (Wildman–Crippen LogP) is 3.51. The van der Waals surface area contributed by atoms with Gasteiger partial charge in [-0.3, -0.25) is 0 Å². The lowest BCUT2D eigenvalue weighted by molar-refractivity contribution is 0.281. The van der Waals surface area contributed by atoms with E-state index in [2.05, 4.69) is 11.1 Å². The molecular formula is C13H13NOS2. The van der Waals surface area contributed by atoms with Crippen LogP contribution in [0.15, 0.2) is 53.7 Å². The van der Waals surface area contributed by atoms with E-state index in [-0.39, 0.29) is 6.61 Å². The summed E-state index contributed by atoms with van der Waals surface area (Å²) in [4.78, 5) is 4.25. The zero-order valence-electron chi connectivity index (χ0n) is 9.24. The third-order valence-electron chi connectivity index (χ3n) is 2.29. The molecule has 0 aliphatic carbocycles. The highest BCUT2D eigenvalue weighted by Crippen LogP contribution is 2.32. The van der Waals surface area contributed by atoms with Crippen LogP contribution in [0.1, 0.15) is 11.1 Å². The molecule has 2 aromatic rings. The summed E-state index contributed by atoms with van der Waals surface area (Å²) >= 11 is 0. The van der Waals surface area contributed by atoms with Crippen molar-refractivity contribution in [2.75, 3.05) is 0 Å². The molecule has 2 rings (SSSR count). The van der Waals surface area contributed by atoms with Crippen LogP contribution in [-0.2, 0) is 12.4 Å². The summed E-state index contributed by atoms with van der Waals surface area (Å²) in [6.45, 7) is 0.102. The van der Waals surface area contributed by atoms with Crippen LogP contribution in [0.2, 0.25) is 0 Å². The number of aliphatic hydroxyl groups is 1. The van der Waals surface area contributed by atoms with E-state index in [1.165, 1.54) is 5.56 Å². The summed E-state index contributed by atoms with van der Waals surface area (Å²) in [5.41, 5.74) is 2.19. The maximum atomic E-state index is 9.21. The van der Waals surface area contributed by atoms with Gasteiger partial charge < -0.3 is 5.11 Å². The van der Waals surface area contributed by atoms with Gasteiger partial charge in [-0.1, -0.05) is 41.1 Å². The highest BCUT2D eigenvalue weighted by molar-refractivity contribution is 8.76. The van der Waals surface area contributed by atoms with E-state index in [4.69, 9.17) is 0 Å². The lowest BCUT2D eigenvalue weighted by Gasteiger charge is -2.05. The van der Waals surface area contributed by atoms with Crippen LogP contribution in [0.5, 0.6) is 0 Å². The van der Waals surface area contributed by atoms with Gasteiger partial charge in [-0.15, -0.1) is 0 Å². The van der Waals surface area contributed by atoms with E-state index in [0.717, 1.165) is 16.3 Å². The number of rotatable bonds is 5. The molecule has 0 unspecified atom stereocenters. The second-order valence-electron chi connectivity index (χ2n) is 3.44. The van der Waals surface area contributed by atoms with Crippen LogP contribution in [0.3, 0.4) is 0 Å². The second-order valence-corrected chi connectivity index (χ2v) is 5.76.